The lowest BCUT2D eigenvalue weighted by molar-refractivity contribution is -0.124. The minimum absolute atomic E-state index is 0.0875. The number of nitrogens with zero attached hydrogens (tertiary/aromatic N) is 3. The number of benzene rings is 2. The predicted octanol–water partition coefficient (Wildman–Crippen LogP) is 4.42. The van der Waals surface area contributed by atoms with Gasteiger partial charge in [-0.15, -0.1) is 0 Å². The molecule has 7 heteroatoms. The van der Waals surface area contributed by atoms with Gasteiger partial charge in [0.05, 0.1) is 5.52 Å². The van der Waals surface area contributed by atoms with Crippen LogP contribution in [0.4, 0.5) is 11.5 Å². The Hall–Kier alpha value is -3.84. The minimum atomic E-state index is -0.352. The lowest BCUT2D eigenvalue weighted by Crippen LogP contribution is -2.26. The summed E-state index contributed by atoms with van der Waals surface area (Å²) in [6, 6.07) is 19.5. The molecule has 3 heterocycles. The Labute approximate surface area is 185 Å². The Morgan fingerprint density at radius 3 is 2.84 bits per heavy atom. The molecule has 5 rings (SSSR count). The molecule has 0 saturated carbocycles. The van der Waals surface area contributed by atoms with Crippen LogP contribution in [0.2, 0.25) is 0 Å². The Kier molecular flexibility index (Phi) is 5.72. The normalized spacial score (nSPS) is 15.6. The smallest absolute Gasteiger partial charge is 0.253 e. The van der Waals surface area contributed by atoms with Crippen molar-refractivity contribution in [3.63, 3.8) is 0 Å². The molecule has 0 radical (unpaired) electrons. The monoisotopic (exact) mass is 425 g/mol. The first-order valence-corrected chi connectivity index (χ1v) is 10.7. The van der Waals surface area contributed by atoms with Crippen LogP contribution in [0.25, 0.3) is 22.3 Å². The molecule has 32 heavy (non-hydrogen) atoms. The van der Waals surface area contributed by atoms with Gasteiger partial charge in [-0.2, -0.15) is 0 Å². The third-order valence-corrected chi connectivity index (χ3v) is 5.40. The first-order valence-electron chi connectivity index (χ1n) is 10.7. The fourth-order valence-corrected chi connectivity index (χ4v) is 3.79. The molecule has 0 aliphatic carbocycles. The molecule has 1 atom stereocenters. The number of para-hydroxylation sites is 1. The van der Waals surface area contributed by atoms with E-state index in [1.54, 1.807) is 12.4 Å². The molecule has 1 saturated heterocycles. The van der Waals surface area contributed by atoms with Crippen molar-refractivity contribution in [2.24, 2.45) is 0 Å². The van der Waals surface area contributed by atoms with Gasteiger partial charge in [0.1, 0.15) is 11.9 Å². The molecule has 0 spiro atoms. The molecule has 4 aromatic rings. The number of pyridine rings is 1. The van der Waals surface area contributed by atoms with Crippen molar-refractivity contribution in [2.75, 3.05) is 17.2 Å². The first-order chi connectivity index (χ1) is 15.8. The molecule has 0 bridgehead atoms. The average molecular weight is 425 g/mol. The third kappa shape index (κ3) is 4.43. The van der Waals surface area contributed by atoms with Gasteiger partial charge in [0, 0.05) is 42.2 Å². The Balaban J connectivity index is 1.36. The number of carbonyl (C=O) groups excluding carboxylic acids is 1. The summed E-state index contributed by atoms with van der Waals surface area (Å²) in [7, 11) is 0. The number of nitrogens with one attached hydrogen (secondary N) is 2. The van der Waals surface area contributed by atoms with Crippen LogP contribution in [-0.4, -0.2) is 33.6 Å². The molecule has 2 N–H and O–H groups in total. The second-order valence-electron chi connectivity index (χ2n) is 7.70. The molecule has 1 aliphatic heterocycles. The summed E-state index contributed by atoms with van der Waals surface area (Å²) in [5.41, 5.74) is 3.51. The van der Waals surface area contributed by atoms with Crippen LogP contribution >= 0.6 is 0 Å². The van der Waals surface area contributed by atoms with Gasteiger partial charge < -0.3 is 15.4 Å². The zero-order valence-electron chi connectivity index (χ0n) is 17.5. The standard InChI is InChI=1S/C25H23N5O2/c31-25(22-11-5-13-32-22)28-19-8-3-6-17(14-19)15-27-24-20-9-1-2-10-21(20)29-23(30-24)18-7-4-12-26-16-18/h1-4,6-10,12,14,16,22H,5,11,13,15H2,(H,28,31)(H,27,29,30). The van der Waals surface area contributed by atoms with Gasteiger partial charge in [0.25, 0.3) is 5.91 Å². The van der Waals surface area contributed by atoms with E-state index in [9.17, 15) is 4.79 Å². The van der Waals surface area contributed by atoms with E-state index < -0.39 is 0 Å². The number of hydrogen-bond donors (Lipinski definition) is 2. The minimum Gasteiger partial charge on any atom is -0.368 e. The zero-order chi connectivity index (χ0) is 21.8. The van der Waals surface area contributed by atoms with E-state index in [0.29, 0.717) is 19.0 Å². The number of aromatic nitrogens is 3. The summed E-state index contributed by atoms with van der Waals surface area (Å²) in [6.45, 7) is 1.20. The Bertz CT molecular complexity index is 1240. The number of fused-ring (bicyclic) bond motifs is 1. The van der Waals surface area contributed by atoms with Gasteiger partial charge in [-0.3, -0.25) is 9.78 Å². The highest BCUT2D eigenvalue weighted by atomic mass is 16.5. The summed E-state index contributed by atoms with van der Waals surface area (Å²) in [5.74, 6) is 1.29. The number of carbonyl (C=O) groups is 1. The van der Waals surface area contributed by atoms with Crippen LogP contribution in [0.3, 0.4) is 0 Å². The molecule has 2 aromatic carbocycles. The molecule has 1 amide bonds. The van der Waals surface area contributed by atoms with Crippen LogP contribution < -0.4 is 10.6 Å². The van der Waals surface area contributed by atoms with E-state index in [0.717, 1.165) is 46.4 Å². The maximum atomic E-state index is 12.4. The van der Waals surface area contributed by atoms with Crippen molar-refractivity contribution in [3.8, 4) is 11.4 Å². The Morgan fingerprint density at radius 2 is 2.00 bits per heavy atom. The molecular weight excluding hydrogens is 402 g/mol. The summed E-state index contributed by atoms with van der Waals surface area (Å²) >= 11 is 0. The van der Waals surface area contributed by atoms with Crippen molar-refractivity contribution >= 4 is 28.3 Å². The van der Waals surface area contributed by atoms with E-state index in [2.05, 4.69) is 15.6 Å². The van der Waals surface area contributed by atoms with E-state index >= 15 is 0 Å². The topological polar surface area (TPSA) is 89.0 Å². The summed E-state index contributed by atoms with van der Waals surface area (Å²) in [5, 5.41) is 7.35. The van der Waals surface area contributed by atoms with Crippen molar-refractivity contribution in [1.29, 1.82) is 0 Å². The fourth-order valence-electron chi connectivity index (χ4n) is 3.79. The lowest BCUT2D eigenvalue weighted by Gasteiger charge is -2.13. The highest BCUT2D eigenvalue weighted by Crippen LogP contribution is 2.25. The van der Waals surface area contributed by atoms with E-state index in [4.69, 9.17) is 14.7 Å². The lowest BCUT2D eigenvalue weighted by atomic mass is 10.1. The quantitative estimate of drug-likeness (QED) is 0.475. The Morgan fingerprint density at radius 1 is 1.06 bits per heavy atom. The van der Waals surface area contributed by atoms with E-state index in [1.807, 2.05) is 60.7 Å². The van der Waals surface area contributed by atoms with Gasteiger partial charge in [0.15, 0.2) is 5.82 Å². The van der Waals surface area contributed by atoms with E-state index in [1.165, 1.54) is 0 Å². The number of anilines is 2. The molecule has 1 fully saturated rings. The van der Waals surface area contributed by atoms with Crippen LogP contribution in [-0.2, 0) is 16.1 Å². The molecule has 1 unspecified atom stereocenters. The first kappa shape index (κ1) is 20.1. The number of hydrogen-bond acceptors (Lipinski definition) is 6. The maximum absolute atomic E-state index is 12.4. The molecule has 160 valence electrons. The third-order valence-electron chi connectivity index (χ3n) is 5.40. The predicted molar refractivity (Wildman–Crippen MR) is 124 cm³/mol. The maximum Gasteiger partial charge on any atom is 0.253 e. The number of rotatable bonds is 6. The molecule has 2 aromatic heterocycles. The van der Waals surface area contributed by atoms with Crippen molar-refractivity contribution in [2.45, 2.75) is 25.5 Å². The van der Waals surface area contributed by atoms with Gasteiger partial charge >= 0.3 is 0 Å². The molecule has 1 aliphatic rings. The molecular formula is C25H23N5O2. The van der Waals surface area contributed by atoms with Crippen molar-refractivity contribution in [3.05, 3.63) is 78.6 Å². The number of ether oxygens (including phenoxy) is 1. The van der Waals surface area contributed by atoms with Crippen LogP contribution in [0.1, 0.15) is 18.4 Å². The summed E-state index contributed by atoms with van der Waals surface area (Å²) in [6.07, 6.45) is 4.83. The van der Waals surface area contributed by atoms with Crippen molar-refractivity contribution in [1.82, 2.24) is 15.0 Å². The van der Waals surface area contributed by atoms with Gasteiger partial charge in [0.2, 0.25) is 0 Å². The van der Waals surface area contributed by atoms with Gasteiger partial charge in [-0.25, -0.2) is 9.97 Å². The molecule has 7 nitrogen and oxygen atoms in total. The van der Waals surface area contributed by atoms with Crippen LogP contribution in [0.15, 0.2) is 73.1 Å². The van der Waals surface area contributed by atoms with Gasteiger partial charge in [-0.1, -0.05) is 24.3 Å². The van der Waals surface area contributed by atoms with Crippen molar-refractivity contribution < 1.29 is 9.53 Å². The second-order valence-corrected chi connectivity index (χ2v) is 7.70. The van der Waals surface area contributed by atoms with Gasteiger partial charge in [-0.05, 0) is 54.8 Å². The summed E-state index contributed by atoms with van der Waals surface area (Å²) < 4.78 is 5.47. The average Bonchev–Trinajstić information content (AvgIpc) is 3.38. The number of amides is 1. The largest absolute Gasteiger partial charge is 0.368 e. The zero-order valence-corrected chi connectivity index (χ0v) is 17.5. The summed E-state index contributed by atoms with van der Waals surface area (Å²) in [4.78, 5) is 26.0. The fraction of sp³-hybridized carbons (Fsp3) is 0.200. The SMILES string of the molecule is O=C(Nc1cccc(CNc2nc(-c3cccnc3)nc3ccccc23)c1)C1CCCO1. The van der Waals surface area contributed by atoms with Crippen LogP contribution in [0, 0.1) is 0 Å². The highest BCUT2D eigenvalue weighted by Gasteiger charge is 2.23. The van der Waals surface area contributed by atoms with E-state index in [-0.39, 0.29) is 12.0 Å². The second kappa shape index (κ2) is 9.11. The highest BCUT2D eigenvalue weighted by molar-refractivity contribution is 5.94. The van der Waals surface area contributed by atoms with Crippen LogP contribution in [0.5, 0.6) is 0 Å².